The molecule has 0 saturated carbocycles. The van der Waals surface area contributed by atoms with Crippen LogP contribution in [0.4, 0.5) is 0 Å². The third-order valence-corrected chi connectivity index (χ3v) is 5.90. The molecule has 6 aromatic rings. The number of hydrogen-bond acceptors (Lipinski definition) is 3. The highest BCUT2D eigenvalue weighted by Gasteiger charge is 2.18. The summed E-state index contributed by atoms with van der Waals surface area (Å²) in [7, 11) is 6.79. The lowest BCUT2D eigenvalue weighted by molar-refractivity contribution is 1.08. The van der Waals surface area contributed by atoms with E-state index in [2.05, 4.69) is 24.3 Å². The van der Waals surface area contributed by atoms with Crippen LogP contribution in [0.2, 0.25) is 0 Å². The van der Waals surface area contributed by atoms with Gasteiger partial charge in [-0.25, -0.2) is 15.0 Å². The van der Waals surface area contributed by atoms with E-state index in [0.29, 0.717) is 22.9 Å². The van der Waals surface area contributed by atoms with E-state index in [1.807, 2.05) is 84.9 Å². The number of aromatic nitrogens is 3. The maximum atomic E-state index is 6.79. The number of benzene rings is 5. The van der Waals surface area contributed by atoms with Gasteiger partial charge < -0.3 is 0 Å². The number of nitrogens with zero attached hydrogens (tertiary/aromatic N) is 3. The van der Waals surface area contributed by atoms with E-state index < -0.39 is 0 Å². The van der Waals surface area contributed by atoms with Crippen molar-refractivity contribution >= 4 is 34.9 Å². The van der Waals surface area contributed by atoms with Crippen LogP contribution in [0.15, 0.2) is 109 Å². The topological polar surface area (TPSA) is 38.7 Å². The highest BCUT2D eigenvalue weighted by molar-refractivity contribution is 6.45. The smallest absolute Gasteiger partial charge is 0.164 e. The largest absolute Gasteiger partial charge is 0.208 e. The molecule has 2 radical (unpaired) electrons. The quantitative estimate of drug-likeness (QED) is 0.262. The van der Waals surface area contributed by atoms with Crippen molar-refractivity contribution in [3.05, 3.63) is 109 Å². The average Bonchev–Trinajstić information content (AvgIpc) is 2.90. The van der Waals surface area contributed by atoms with Crippen LogP contribution in [0.1, 0.15) is 0 Å². The SMILES string of the molecule is [B]c1c(-c2nc(-c3ccccc3)nc(-c3ccccc3)n2)c2ccccc2c2ccccc12. The first-order chi connectivity index (χ1) is 16.3. The van der Waals surface area contributed by atoms with E-state index in [1.54, 1.807) is 0 Å². The van der Waals surface area contributed by atoms with Crippen molar-refractivity contribution in [2.45, 2.75) is 0 Å². The highest BCUT2D eigenvalue weighted by Crippen LogP contribution is 2.33. The van der Waals surface area contributed by atoms with E-state index in [4.69, 9.17) is 22.8 Å². The summed E-state index contributed by atoms with van der Waals surface area (Å²) in [4.78, 5) is 14.6. The molecule has 0 amide bonds. The van der Waals surface area contributed by atoms with Crippen molar-refractivity contribution in [1.29, 1.82) is 0 Å². The lowest BCUT2D eigenvalue weighted by atomic mass is 9.81. The van der Waals surface area contributed by atoms with Crippen LogP contribution in [0, 0.1) is 0 Å². The Morgan fingerprint density at radius 3 is 1.33 bits per heavy atom. The minimum Gasteiger partial charge on any atom is -0.208 e. The maximum absolute atomic E-state index is 6.79. The lowest BCUT2D eigenvalue weighted by Crippen LogP contribution is -2.12. The predicted octanol–water partition coefficient (Wildman–Crippen LogP) is 5.97. The molecular formula is C29H18BN3. The molecule has 0 atom stereocenters. The first-order valence-electron chi connectivity index (χ1n) is 10.9. The van der Waals surface area contributed by atoms with Gasteiger partial charge in [0, 0.05) is 16.7 Å². The number of fused-ring (bicyclic) bond motifs is 3. The summed E-state index contributed by atoms with van der Waals surface area (Å²) in [6, 6.07) is 36.4. The van der Waals surface area contributed by atoms with Crippen molar-refractivity contribution < 1.29 is 0 Å². The summed E-state index contributed by atoms with van der Waals surface area (Å²) < 4.78 is 0. The van der Waals surface area contributed by atoms with E-state index in [1.165, 1.54) is 0 Å². The molecule has 0 bridgehead atoms. The summed E-state index contributed by atoms with van der Waals surface area (Å²) in [6.45, 7) is 0. The second-order valence-electron chi connectivity index (χ2n) is 7.92. The van der Waals surface area contributed by atoms with Gasteiger partial charge in [0.25, 0.3) is 0 Å². The van der Waals surface area contributed by atoms with Gasteiger partial charge in [-0.15, -0.1) is 0 Å². The third kappa shape index (κ3) is 3.37. The van der Waals surface area contributed by atoms with E-state index >= 15 is 0 Å². The van der Waals surface area contributed by atoms with Crippen LogP contribution in [-0.4, -0.2) is 22.8 Å². The maximum Gasteiger partial charge on any atom is 0.164 e. The summed E-state index contributed by atoms with van der Waals surface area (Å²) in [5, 5.41) is 4.27. The third-order valence-electron chi connectivity index (χ3n) is 5.90. The second kappa shape index (κ2) is 7.99. The Balaban J connectivity index is 1.71. The molecular weight excluding hydrogens is 401 g/mol. The minimum atomic E-state index is 0.571. The summed E-state index contributed by atoms with van der Waals surface area (Å²) in [5.74, 6) is 1.81. The van der Waals surface area contributed by atoms with Crippen molar-refractivity contribution in [3.8, 4) is 34.2 Å². The second-order valence-corrected chi connectivity index (χ2v) is 7.92. The van der Waals surface area contributed by atoms with Crippen LogP contribution < -0.4 is 5.46 Å². The monoisotopic (exact) mass is 419 g/mol. The molecule has 152 valence electrons. The molecule has 0 N–H and O–H groups in total. The van der Waals surface area contributed by atoms with Gasteiger partial charge in [0.1, 0.15) is 7.85 Å². The highest BCUT2D eigenvalue weighted by atomic mass is 15.0. The van der Waals surface area contributed by atoms with Crippen molar-refractivity contribution in [2.75, 3.05) is 0 Å². The van der Waals surface area contributed by atoms with E-state index in [0.717, 1.165) is 38.2 Å². The van der Waals surface area contributed by atoms with Gasteiger partial charge in [0.2, 0.25) is 0 Å². The summed E-state index contributed by atoms with van der Waals surface area (Å²) in [5.41, 5.74) is 3.37. The molecule has 0 saturated heterocycles. The van der Waals surface area contributed by atoms with E-state index in [-0.39, 0.29) is 0 Å². The number of rotatable bonds is 3. The zero-order valence-electron chi connectivity index (χ0n) is 17.8. The van der Waals surface area contributed by atoms with Crippen LogP contribution in [0.3, 0.4) is 0 Å². The molecule has 0 spiro atoms. The first kappa shape index (κ1) is 19.4. The molecule has 0 fully saturated rings. The molecule has 0 unspecified atom stereocenters. The fourth-order valence-electron chi connectivity index (χ4n) is 4.33. The Morgan fingerprint density at radius 1 is 0.394 bits per heavy atom. The van der Waals surface area contributed by atoms with Gasteiger partial charge in [-0.1, -0.05) is 115 Å². The fraction of sp³-hybridized carbons (Fsp3) is 0. The van der Waals surface area contributed by atoms with Crippen LogP contribution in [-0.2, 0) is 0 Å². The molecule has 0 aliphatic carbocycles. The molecule has 6 rings (SSSR count). The molecule has 5 aromatic carbocycles. The van der Waals surface area contributed by atoms with Crippen molar-refractivity contribution in [3.63, 3.8) is 0 Å². The average molecular weight is 419 g/mol. The Hall–Kier alpha value is -4.31. The lowest BCUT2D eigenvalue weighted by Gasteiger charge is -2.16. The van der Waals surface area contributed by atoms with Crippen LogP contribution >= 0.6 is 0 Å². The fourth-order valence-corrected chi connectivity index (χ4v) is 4.33. The van der Waals surface area contributed by atoms with E-state index in [9.17, 15) is 0 Å². The molecule has 1 heterocycles. The normalized spacial score (nSPS) is 11.2. The Labute approximate surface area is 193 Å². The van der Waals surface area contributed by atoms with Gasteiger partial charge in [0.15, 0.2) is 17.5 Å². The van der Waals surface area contributed by atoms with Crippen LogP contribution in [0.5, 0.6) is 0 Å². The molecule has 33 heavy (non-hydrogen) atoms. The van der Waals surface area contributed by atoms with Gasteiger partial charge in [-0.3, -0.25) is 0 Å². The Bertz CT molecular complexity index is 1560. The van der Waals surface area contributed by atoms with Crippen molar-refractivity contribution in [2.24, 2.45) is 0 Å². The molecule has 4 heteroatoms. The van der Waals surface area contributed by atoms with Gasteiger partial charge in [-0.05, 0) is 21.5 Å². The molecule has 0 aliphatic rings. The van der Waals surface area contributed by atoms with Crippen molar-refractivity contribution in [1.82, 2.24) is 15.0 Å². The Morgan fingerprint density at radius 2 is 0.788 bits per heavy atom. The van der Waals surface area contributed by atoms with Crippen LogP contribution in [0.25, 0.3) is 55.7 Å². The zero-order chi connectivity index (χ0) is 22.2. The summed E-state index contributed by atoms with van der Waals surface area (Å²) in [6.07, 6.45) is 0. The zero-order valence-corrected chi connectivity index (χ0v) is 17.8. The van der Waals surface area contributed by atoms with Gasteiger partial charge in [0.05, 0.1) is 0 Å². The first-order valence-corrected chi connectivity index (χ1v) is 10.9. The minimum absolute atomic E-state index is 0.571. The standard InChI is InChI=1S/C29H18BN3/c30-26-24-18-10-8-16-22(24)21-15-7-9-17-23(21)25(26)29-32-27(19-11-3-1-4-12-19)31-28(33-29)20-13-5-2-6-14-20/h1-18H. The van der Waals surface area contributed by atoms with Gasteiger partial charge in [-0.2, -0.15) is 0 Å². The molecule has 0 aliphatic heterocycles. The Kier molecular flexibility index (Phi) is 4.69. The number of hydrogen-bond donors (Lipinski definition) is 0. The van der Waals surface area contributed by atoms with Gasteiger partial charge >= 0.3 is 0 Å². The molecule has 3 nitrogen and oxygen atoms in total. The molecule has 1 aromatic heterocycles. The predicted molar refractivity (Wildman–Crippen MR) is 137 cm³/mol. The summed E-state index contributed by atoms with van der Waals surface area (Å²) >= 11 is 0.